The molecule has 0 spiro atoms. The van der Waals surface area contributed by atoms with Gasteiger partial charge in [0.25, 0.3) is 5.56 Å². The molecular formula is C19H31N3O3. The van der Waals surface area contributed by atoms with Crippen LogP contribution in [-0.4, -0.2) is 27.3 Å². The molecule has 1 aliphatic heterocycles. The second-order valence-corrected chi connectivity index (χ2v) is 5.91. The van der Waals surface area contributed by atoms with E-state index in [0.29, 0.717) is 36.6 Å². The van der Waals surface area contributed by atoms with Crippen LogP contribution in [0.4, 0.5) is 0 Å². The topological polar surface area (TPSA) is 66.1 Å². The minimum Gasteiger partial charge on any atom is -0.381 e. The maximum Gasteiger partial charge on any atom is 0.331 e. The second-order valence-electron chi connectivity index (χ2n) is 5.91. The molecule has 1 fully saturated rings. The molecule has 0 amide bonds. The molecule has 0 radical (unpaired) electrons. The summed E-state index contributed by atoms with van der Waals surface area (Å²) in [6, 6.07) is 1.66. The number of pyridine rings is 1. The summed E-state index contributed by atoms with van der Waals surface area (Å²) >= 11 is 0. The zero-order valence-corrected chi connectivity index (χ0v) is 16.1. The van der Waals surface area contributed by atoms with Gasteiger partial charge >= 0.3 is 5.69 Å². The number of hydrogen-bond acceptors (Lipinski definition) is 4. The molecule has 2 aromatic heterocycles. The maximum absolute atomic E-state index is 12.5. The van der Waals surface area contributed by atoms with Crippen molar-refractivity contribution >= 4 is 10.9 Å². The van der Waals surface area contributed by atoms with Crippen molar-refractivity contribution in [2.75, 3.05) is 13.2 Å². The van der Waals surface area contributed by atoms with E-state index in [1.807, 2.05) is 13.8 Å². The van der Waals surface area contributed by atoms with E-state index in [9.17, 15) is 9.59 Å². The van der Waals surface area contributed by atoms with Crippen LogP contribution in [0.1, 0.15) is 47.0 Å². The number of hydrogen-bond donors (Lipinski definition) is 0. The van der Waals surface area contributed by atoms with Gasteiger partial charge in [-0.25, -0.2) is 4.79 Å². The molecule has 1 saturated heterocycles. The van der Waals surface area contributed by atoms with E-state index in [1.54, 1.807) is 25.5 Å². The van der Waals surface area contributed by atoms with Crippen molar-refractivity contribution in [1.29, 1.82) is 0 Å². The van der Waals surface area contributed by atoms with Gasteiger partial charge in [0.15, 0.2) is 0 Å². The number of nitrogens with zero attached hydrogens (tertiary/aromatic N) is 3. The Morgan fingerprint density at radius 3 is 2.40 bits per heavy atom. The Kier molecular flexibility index (Phi) is 9.13. The molecule has 3 rings (SSSR count). The molecular weight excluding hydrogens is 318 g/mol. The van der Waals surface area contributed by atoms with Crippen molar-refractivity contribution in [3.05, 3.63) is 39.3 Å². The van der Waals surface area contributed by atoms with Crippen molar-refractivity contribution in [2.24, 2.45) is 13.0 Å². The SMILES string of the molecule is CC.CCC.Cn1c(=O)n(CC2CCOCC2)c(=O)c2ccncc21. The average molecular weight is 349 g/mol. The highest BCUT2D eigenvalue weighted by atomic mass is 16.5. The molecule has 0 bridgehead atoms. The first kappa shape index (κ1) is 21.1. The largest absolute Gasteiger partial charge is 0.381 e. The molecule has 0 atom stereocenters. The molecule has 3 heterocycles. The van der Waals surface area contributed by atoms with Crippen LogP contribution in [0.15, 0.2) is 28.0 Å². The van der Waals surface area contributed by atoms with Crippen molar-refractivity contribution in [3.8, 4) is 0 Å². The summed E-state index contributed by atoms with van der Waals surface area (Å²) in [5.74, 6) is 0.327. The predicted octanol–water partition coefficient (Wildman–Crippen LogP) is 2.96. The third-order valence-corrected chi connectivity index (χ3v) is 3.94. The zero-order valence-electron chi connectivity index (χ0n) is 16.1. The first-order valence-corrected chi connectivity index (χ1v) is 9.21. The average Bonchev–Trinajstić information content (AvgIpc) is 2.66. The summed E-state index contributed by atoms with van der Waals surface area (Å²) in [7, 11) is 1.67. The van der Waals surface area contributed by atoms with E-state index in [4.69, 9.17) is 4.74 Å². The Balaban J connectivity index is 0.000000567. The van der Waals surface area contributed by atoms with E-state index in [0.717, 1.165) is 12.8 Å². The van der Waals surface area contributed by atoms with Gasteiger partial charge in [0.05, 0.1) is 17.1 Å². The fraction of sp³-hybridized carbons (Fsp3) is 0.632. The Bertz CT molecular complexity index is 759. The van der Waals surface area contributed by atoms with Crippen molar-refractivity contribution in [3.63, 3.8) is 0 Å². The molecule has 0 saturated carbocycles. The van der Waals surface area contributed by atoms with Crippen LogP contribution < -0.4 is 11.2 Å². The molecule has 140 valence electrons. The minimum absolute atomic E-state index is 0.225. The summed E-state index contributed by atoms with van der Waals surface area (Å²) in [5.41, 5.74) is 0.0738. The molecule has 6 nitrogen and oxygen atoms in total. The minimum atomic E-state index is -0.276. The van der Waals surface area contributed by atoms with Crippen LogP contribution >= 0.6 is 0 Å². The van der Waals surface area contributed by atoms with Crippen LogP contribution in [0.25, 0.3) is 10.9 Å². The smallest absolute Gasteiger partial charge is 0.331 e. The number of ether oxygens (including phenoxy) is 1. The van der Waals surface area contributed by atoms with Gasteiger partial charge < -0.3 is 4.74 Å². The van der Waals surface area contributed by atoms with Gasteiger partial charge in [-0.1, -0.05) is 34.1 Å². The van der Waals surface area contributed by atoms with Crippen LogP contribution in [0.3, 0.4) is 0 Å². The Labute approximate surface area is 149 Å². The molecule has 0 aliphatic carbocycles. The highest BCUT2D eigenvalue weighted by Gasteiger charge is 2.18. The van der Waals surface area contributed by atoms with Crippen LogP contribution in [-0.2, 0) is 18.3 Å². The van der Waals surface area contributed by atoms with Crippen molar-refractivity contribution < 1.29 is 4.74 Å². The second kappa shape index (κ2) is 10.8. The van der Waals surface area contributed by atoms with Crippen LogP contribution in [0.5, 0.6) is 0 Å². The zero-order chi connectivity index (χ0) is 18.8. The summed E-state index contributed by atoms with van der Waals surface area (Å²) in [6.07, 6.45) is 6.16. The van der Waals surface area contributed by atoms with Gasteiger partial charge in [0, 0.05) is 33.0 Å². The molecule has 0 aromatic carbocycles. The maximum atomic E-state index is 12.5. The highest BCUT2D eigenvalue weighted by Crippen LogP contribution is 2.15. The van der Waals surface area contributed by atoms with Crippen LogP contribution in [0.2, 0.25) is 0 Å². The number of rotatable bonds is 2. The van der Waals surface area contributed by atoms with Gasteiger partial charge in [-0.3, -0.25) is 18.9 Å². The summed E-state index contributed by atoms with van der Waals surface area (Å²) in [4.78, 5) is 28.8. The van der Waals surface area contributed by atoms with Crippen molar-refractivity contribution in [1.82, 2.24) is 14.1 Å². The third kappa shape index (κ3) is 5.26. The Morgan fingerprint density at radius 1 is 1.20 bits per heavy atom. The van der Waals surface area contributed by atoms with Gasteiger partial charge in [-0.2, -0.15) is 0 Å². The van der Waals surface area contributed by atoms with Gasteiger partial charge in [-0.05, 0) is 24.8 Å². The molecule has 0 unspecified atom stereocenters. The molecule has 25 heavy (non-hydrogen) atoms. The molecule has 0 N–H and O–H groups in total. The number of aryl methyl sites for hydroxylation is 1. The molecule has 2 aromatic rings. The van der Waals surface area contributed by atoms with Gasteiger partial charge in [-0.15, -0.1) is 0 Å². The Morgan fingerprint density at radius 2 is 1.80 bits per heavy atom. The monoisotopic (exact) mass is 349 g/mol. The molecule has 1 aliphatic rings. The van der Waals surface area contributed by atoms with E-state index in [1.165, 1.54) is 15.6 Å². The summed E-state index contributed by atoms with van der Waals surface area (Å²) < 4.78 is 8.15. The van der Waals surface area contributed by atoms with Gasteiger partial charge in [0.2, 0.25) is 0 Å². The van der Waals surface area contributed by atoms with Crippen LogP contribution in [0, 0.1) is 5.92 Å². The first-order valence-electron chi connectivity index (χ1n) is 9.21. The normalized spacial score (nSPS) is 14.3. The standard InChI is InChI=1S/C14H17N3O3.C3H8.C2H6/c1-16-12-8-15-5-2-11(12)13(18)17(14(16)19)9-10-3-6-20-7-4-10;1-3-2;1-2/h2,5,8,10H,3-4,6-7,9H2,1H3;3H2,1-2H3;1-2H3. The Hall–Kier alpha value is -1.95. The fourth-order valence-corrected chi connectivity index (χ4v) is 2.70. The van der Waals surface area contributed by atoms with Crippen molar-refractivity contribution in [2.45, 2.75) is 53.5 Å². The fourth-order valence-electron chi connectivity index (χ4n) is 2.70. The highest BCUT2D eigenvalue weighted by molar-refractivity contribution is 5.76. The van der Waals surface area contributed by atoms with E-state index in [-0.39, 0.29) is 11.2 Å². The quantitative estimate of drug-likeness (QED) is 0.836. The lowest BCUT2D eigenvalue weighted by molar-refractivity contribution is 0.0605. The number of aromatic nitrogens is 3. The van der Waals surface area contributed by atoms with Gasteiger partial charge in [0.1, 0.15) is 0 Å². The third-order valence-electron chi connectivity index (χ3n) is 3.94. The van der Waals surface area contributed by atoms with E-state index in [2.05, 4.69) is 18.8 Å². The lowest BCUT2D eigenvalue weighted by atomic mass is 10.0. The lowest BCUT2D eigenvalue weighted by Gasteiger charge is -2.22. The van der Waals surface area contributed by atoms with E-state index >= 15 is 0 Å². The lowest BCUT2D eigenvalue weighted by Crippen LogP contribution is -2.41. The van der Waals surface area contributed by atoms with E-state index < -0.39 is 0 Å². The first-order chi connectivity index (χ1) is 12.1. The molecule has 6 heteroatoms. The summed E-state index contributed by atoms with van der Waals surface area (Å²) in [6.45, 7) is 10.1. The summed E-state index contributed by atoms with van der Waals surface area (Å²) in [5, 5.41) is 0.536. The number of fused-ring (bicyclic) bond motifs is 1. The predicted molar refractivity (Wildman–Crippen MR) is 102 cm³/mol.